The molecule has 27 heavy (non-hydrogen) atoms. The Kier molecular flexibility index (Phi) is 4.64. The van der Waals surface area contributed by atoms with Gasteiger partial charge >= 0.3 is 0 Å². The molecule has 2 aromatic heterocycles. The summed E-state index contributed by atoms with van der Waals surface area (Å²) in [4.78, 5) is 13.1. The number of anilines is 1. The molecule has 6 nitrogen and oxygen atoms in total. The van der Waals surface area contributed by atoms with E-state index in [4.69, 9.17) is 0 Å². The van der Waals surface area contributed by atoms with E-state index in [0.29, 0.717) is 11.3 Å². The van der Waals surface area contributed by atoms with Crippen molar-refractivity contribution in [2.75, 3.05) is 5.32 Å². The molecule has 0 fully saturated rings. The van der Waals surface area contributed by atoms with Gasteiger partial charge in [0.05, 0.1) is 0 Å². The van der Waals surface area contributed by atoms with E-state index in [-0.39, 0.29) is 11.7 Å². The standard InChI is InChI=1S/C19H16FN5OS/c1-2-4-16-22-23-19-25(16)24-18(27-19)13-5-3-6-15(11-13)21-17(26)12-7-9-14(20)10-8-12/h3,5-11H,2,4H2,1H3,(H,21,26). The molecule has 0 aliphatic heterocycles. The number of rotatable bonds is 5. The van der Waals surface area contributed by atoms with Crippen LogP contribution in [0.4, 0.5) is 10.1 Å². The number of aryl methyl sites for hydroxylation is 1. The molecule has 0 radical (unpaired) electrons. The maximum absolute atomic E-state index is 13.0. The summed E-state index contributed by atoms with van der Waals surface area (Å²) in [6.45, 7) is 2.08. The topological polar surface area (TPSA) is 72.2 Å². The quantitative estimate of drug-likeness (QED) is 0.562. The van der Waals surface area contributed by atoms with E-state index >= 15 is 0 Å². The Morgan fingerprint density at radius 2 is 2.00 bits per heavy atom. The van der Waals surface area contributed by atoms with Crippen molar-refractivity contribution in [3.8, 4) is 10.6 Å². The summed E-state index contributed by atoms with van der Waals surface area (Å²) in [5.74, 6) is 0.172. The lowest BCUT2D eigenvalue weighted by Crippen LogP contribution is -2.11. The van der Waals surface area contributed by atoms with E-state index in [1.807, 2.05) is 18.2 Å². The van der Waals surface area contributed by atoms with Gasteiger partial charge in [-0.1, -0.05) is 30.4 Å². The molecule has 0 unspecified atom stereocenters. The maximum Gasteiger partial charge on any atom is 0.255 e. The highest BCUT2D eigenvalue weighted by Crippen LogP contribution is 2.27. The highest BCUT2D eigenvalue weighted by molar-refractivity contribution is 7.19. The molecule has 0 saturated heterocycles. The molecule has 0 aliphatic rings. The number of hydrogen-bond acceptors (Lipinski definition) is 5. The Morgan fingerprint density at radius 3 is 2.78 bits per heavy atom. The summed E-state index contributed by atoms with van der Waals surface area (Å²) in [7, 11) is 0. The first-order valence-corrected chi connectivity index (χ1v) is 9.34. The Bertz CT molecular complexity index is 1100. The molecule has 2 aromatic carbocycles. The van der Waals surface area contributed by atoms with Crippen LogP contribution in [0.2, 0.25) is 0 Å². The van der Waals surface area contributed by atoms with Gasteiger partial charge in [-0.25, -0.2) is 4.39 Å². The number of hydrogen-bond donors (Lipinski definition) is 1. The first kappa shape index (κ1) is 17.3. The Hall–Kier alpha value is -3.13. The summed E-state index contributed by atoms with van der Waals surface area (Å²) in [5, 5.41) is 16.6. The SMILES string of the molecule is CCCc1nnc2sc(-c3cccc(NC(=O)c4ccc(F)cc4)c3)nn12. The highest BCUT2D eigenvalue weighted by atomic mass is 32.1. The molecule has 136 valence electrons. The van der Waals surface area contributed by atoms with Gasteiger partial charge in [0, 0.05) is 23.2 Å². The van der Waals surface area contributed by atoms with E-state index in [0.717, 1.165) is 34.2 Å². The van der Waals surface area contributed by atoms with Gasteiger partial charge < -0.3 is 5.32 Å². The lowest BCUT2D eigenvalue weighted by molar-refractivity contribution is 0.102. The third kappa shape index (κ3) is 3.56. The van der Waals surface area contributed by atoms with Crippen LogP contribution in [0.1, 0.15) is 29.5 Å². The smallest absolute Gasteiger partial charge is 0.255 e. The number of nitrogens with zero attached hydrogens (tertiary/aromatic N) is 4. The van der Waals surface area contributed by atoms with Crippen LogP contribution in [0, 0.1) is 5.82 Å². The zero-order chi connectivity index (χ0) is 18.8. The van der Waals surface area contributed by atoms with Crippen molar-refractivity contribution in [1.29, 1.82) is 0 Å². The first-order valence-electron chi connectivity index (χ1n) is 8.52. The second-order valence-corrected chi connectivity index (χ2v) is 6.97. The fraction of sp³-hybridized carbons (Fsp3) is 0.158. The van der Waals surface area contributed by atoms with Crippen molar-refractivity contribution in [3.63, 3.8) is 0 Å². The summed E-state index contributed by atoms with van der Waals surface area (Å²) >= 11 is 1.45. The molecule has 1 N–H and O–H groups in total. The van der Waals surface area contributed by atoms with Crippen LogP contribution in [-0.4, -0.2) is 25.7 Å². The van der Waals surface area contributed by atoms with Crippen molar-refractivity contribution in [2.24, 2.45) is 0 Å². The minimum Gasteiger partial charge on any atom is -0.322 e. The van der Waals surface area contributed by atoms with Crippen molar-refractivity contribution < 1.29 is 9.18 Å². The van der Waals surface area contributed by atoms with Crippen molar-refractivity contribution in [2.45, 2.75) is 19.8 Å². The number of carbonyl (C=O) groups excluding carboxylic acids is 1. The number of benzene rings is 2. The van der Waals surface area contributed by atoms with E-state index < -0.39 is 0 Å². The molecule has 0 saturated carbocycles. The number of nitrogens with one attached hydrogen (secondary N) is 1. The Labute approximate surface area is 158 Å². The van der Waals surface area contributed by atoms with Crippen LogP contribution < -0.4 is 5.32 Å². The summed E-state index contributed by atoms with van der Waals surface area (Å²) < 4.78 is 14.8. The van der Waals surface area contributed by atoms with Gasteiger partial charge in [-0.2, -0.15) is 9.61 Å². The summed E-state index contributed by atoms with van der Waals surface area (Å²) in [6.07, 6.45) is 1.79. The van der Waals surface area contributed by atoms with Gasteiger partial charge in [0.25, 0.3) is 5.91 Å². The average molecular weight is 381 g/mol. The van der Waals surface area contributed by atoms with Crippen LogP contribution in [0.5, 0.6) is 0 Å². The maximum atomic E-state index is 13.0. The predicted molar refractivity (Wildman–Crippen MR) is 102 cm³/mol. The molecule has 0 atom stereocenters. The van der Waals surface area contributed by atoms with Crippen molar-refractivity contribution in [1.82, 2.24) is 19.8 Å². The third-order valence-electron chi connectivity index (χ3n) is 4.00. The summed E-state index contributed by atoms with van der Waals surface area (Å²) in [5.41, 5.74) is 1.91. The number of amides is 1. The fourth-order valence-electron chi connectivity index (χ4n) is 2.69. The second kappa shape index (κ2) is 7.24. The van der Waals surface area contributed by atoms with Crippen molar-refractivity contribution in [3.05, 3.63) is 65.7 Å². The Morgan fingerprint density at radius 1 is 1.19 bits per heavy atom. The first-order chi connectivity index (χ1) is 13.1. The lowest BCUT2D eigenvalue weighted by Gasteiger charge is -2.06. The third-order valence-corrected chi connectivity index (χ3v) is 4.95. The van der Waals surface area contributed by atoms with E-state index in [2.05, 4.69) is 27.5 Å². The molecule has 0 aliphatic carbocycles. The van der Waals surface area contributed by atoms with Gasteiger partial charge in [-0.05, 0) is 42.8 Å². The Balaban J connectivity index is 1.59. The van der Waals surface area contributed by atoms with Crippen LogP contribution in [0.15, 0.2) is 48.5 Å². The molecule has 0 spiro atoms. The fourth-order valence-corrected chi connectivity index (χ4v) is 3.54. The molecule has 4 rings (SSSR count). The molecule has 1 amide bonds. The van der Waals surface area contributed by atoms with Crippen molar-refractivity contribution >= 4 is 27.9 Å². The van der Waals surface area contributed by atoms with Crippen LogP contribution in [0.3, 0.4) is 0 Å². The predicted octanol–water partition coefficient (Wildman–Crippen LogP) is 4.20. The monoisotopic (exact) mass is 381 g/mol. The number of fused-ring (bicyclic) bond motifs is 1. The zero-order valence-electron chi connectivity index (χ0n) is 14.5. The molecule has 2 heterocycles. The normalized spacial score (nSPS) is 11.0. The van der Waals surface area contributed by atoms with Crippen LogP contribution in [-0.2, 0) is 6.42 Å². The van der Waals surface area contributed by atoms with E-state index in [1.165, 1.54) is 35.6 Å². The zero-order valence-corrected chi connectivity index (χ0v) is 15.3. The van der Waals surface area contributed by atoms with Gasteiger partial charge in [0.15, 0.2) is 5.82 Å². The molecule has 8 heteroatoms. The minimum absolute atomic E-state index is 0.296. The van der Waals surface area contributed by atoms with Crippen LogP contribution in [0.25, 0.3) is 15.5 Å². The average Bonchev–Trinajstić information content (AvgIpc) is 3.25. The number of carbonyl (C=O) groups is 1. The number of aromatic nitrogens is 4. The van der Waals surface area contributed by atoms with Gasteiger partial charge in [-0.15, -0.1) is 10.2 Å². The minimum atomic E-state index is -0.376. The largest absolute Gasteiger partial charge is 0.322 e. The lowest BCUT2D eigenvalue weighted by atomic mass is 10.2. The van der Waals surface area contributed by atoms with E-state index in [9.17, 15) is 9.18 Å². The highest BCUT2D eigenvalue weighted by Gasteiger charge is 2.13. The van der Waals surface area contributed by atoms with E-state index in [1.54, 1.807) is 10.6 Å². The van der Waals surface area contributed by atoms with Gasteiger partial charge in [0.1, 0.15) is 10.8 Å². The van der Waals surface area contributed by atoms with Gasteiger partial charge in [-0.3, -0.25) is 4.79 Å². The summed E-state index contributed by atoms with van der Waals surface area (Å²) in [6, 6.07) is 12.9. The van der Waals surface area contributed by atoms with Crippen LogP contribution >= 0.6 is 11.3 Å². The molecule has 0 bridgehead atoms. The number of halogens is 1. The molecular weight excluding hydrogens is 365 g/mol. The molecule has 4 aromatic rings. The van der Waals surface area contributed by atoms with Gasteiger partial charge in [0.2, 0.25) is 4.96 Å². The second-order valence-electron chi connectivity index (χ2n) is 6.01. The molecular formula is C19H16FN5OS.